The van der Waals surface area contributed by atoms with Crippen LogP contribution in [0.2, 0.25) is 5.02 Å². The zero-order valence-electron chi connectivity index (χ0n) is 13.4. The lowest BCUT2D eigenvalue weighted by atomic mass is 9.83. The average Bonchev–Trinajstić information content (AvgIpc) is 2.53. The zero-order valence-corrected chi connectivity index (χ0v) is 14.2. The normalized spacial score (nSPS) is 11.3. The summed E-state index contributed by atoms with van der Waals surface area (Å²) in [7, 11) is 0. The number of aryl methyl sites for hydroxylation is 1. The van der Waals surface area contributed by atoms with Gasteiger partial charge in [-0.1, -0.05) is 35.9 Å². The predicted molar refractivity (Wildman–Crippen MR) is 92.2 cm³/mol. The van der Waals surface area contributed by atoms with Crippen LogP contribution < -0.4 is 5.32 Å². The molecule has 0 saturated heterocycles. The lowest BCUT2D eigenvalue weighted by molar-refractivity contribution is -0.125. The van der Waals surface area contributed by atoms with Gasteiger partial charge in [-0.25, -0.2) is 4.39 Å². The molecule has 0 atom stereocenters. The van der Waals surface area contributed by atoms with Gasteiger partial charge in [0.2, 0.25) is 5.91 Å². The second-order valence-corrected chi connectivity index (χ2v) is 6.55. The van der Waals surface area contributed by atoms with Crippen molar-refractivity contribution in [1.29, 1.82) is 0 Å². The molecule has 0 unspecified atom stereocenters. The summed E-state index contributed by atoms with van der Waals surface area (Å²) in [6.07, 6.45) is 1.74. The molecule has 0 fully saturated rings. The minimum Gasteiger partial charge on any atom is -0.355 e. The third-order valence-electron chi connectivity index (χ3n) is 3.97. The minimum atomic E-state index is -0.687. The molecule has 0 aliphatic rings. The predicted octanol–water partition coefficient (Wildman–Crippen LogP) is 4.51. The number of rotatable bonds is 6. The van der Waals surface area contributed by atoms with Crippen LogP contribution in [-0.4, -0.2) is 12.5 Å². The van der Waals surface area contributed by atoms with Crippen LogP contribution in [0.25, 0.3) is 0 Å². The van der Waals surface area contributed by atoms with E-state index in [4.69, 9.17) is 11.6 Å². The van der Waals surface area contributed by atoms with Gasteiger partial charge in [-0.2, -0.15) is 0 Å². The van der Waals surface area contributed by atoms with Crippen LogP contribution in [0.4, 0.5) is 4.39 Å². The average molecular weight is 334 g/mol. The number of carbonyl (C=O) groups is 1. The summed E-state index contributed by atoms with van der Waals surface area (Å²) < 4.78 is 13.0. The third-order valence-corrected chi connectivity index (χ3v) is 4.23. The molecule has 0 spiro atoms. The van der Waals surface area contributed by atoms with Crippen molar-refractivity contribution >= 4 is 17.5 Å². The van der Waals surface area contributed by atoms with Gasteiger partial charge >= 0.3 is 0 Å². The van der Waals surface area contributed by atoms with E-state index in [-0.39, 0.29) is 11.7 Å². The number of amides is 1. The van der Waals surface area contributed by atoms with E-state index in [1.165, 1.54) is 17.7 Å². The Morgan fingerprint density at radius 1 is 1.09 bits per heavy atom. The van der Waals surface area contributed by atoms with E-state index in [0.29, 0.717) is 6.54 Å². The standard InChI is InChI=1S/C19H21ClFNO/c1-19(2,15-7-11-17(21)12-8-15)18(23)22-13-3-4-14-5-9-16(20)10-6-14/h5-12H,3-4,13H2,1-2H3,(H,22,23). The number of nitrogens with one attached hydrogen (secondary N) is 1. The van der Waals surface area contributed by atoms with E-state index in [2.05, 4.69) is 5.32 Å². The Balaban J connectivity index is 1.83. The van der Waals surface area contributed by atoms with Crippen molar-refractivity contribution in [1.82, 2.24) is 5.32 Å². The molecule has 0 bridgehead atoms. The van der Waals surface area contributed by atoms with E-state index >= 15 is 0 Å². The molecule has 0 aromatic heterocycles. The van der Waals surface area contributed by atoms with Crippen LogP contribution in [0.5, 0.6) is 0 Å². The van der Waals surface area contributed by atoms with Crippen molar-refractivity contribution in [2.24, 2.45) is 0 Å². The zero-order chi connectivity index (χ0) is 16.9. The molecule has 23 heavy (non-hydrogen) atoms. The lowest BCUT2D eigenvalue weighted by Crippen LogP contribution is -2.40. The van der Waals surface area contributed by atoms with Crippen LogP contribution >= 0.6 is 11.6 Å². The number of hydrogen-bond acceptors (Lipinski definition) is 1. The van der Waals surface area contributed by atoms with Crippen molar-refractivity contribution in [3.8, 4) is 0 Å². The molecule has 0 saturated carbocycles. The highest BCUT2D eigenvalue weighted by Gasteiger charge is 2.29. The van der Waals surface area contributed by atoms with Gasteiger partial charge in [0.1, 0.15) is 5.82 Å². The Kier molecular flexibility index (Phi) is 5.78. The SMILES string of the molecule is CC(C)(C(=O)NCCCc1ccc(Cl)cc1)c1ccc(F)cc1. The van der Waals surface area contributed by atoms with Crippen molar-refractivity contribution in [3.05, 3.63) is 70.5 Å². The molecule has 1 N–H and O–H groups in total. The van der Waals surface area contributed by atoms with Gasteiger partial charge in [0, 0.05) is 11.6 Å². The maximum atomic E-state index is 13.0. The molecule has 4 heteroatoms. The van der Waals surface area contributed by atoms with Crippen molar-refractivity contribution in [2.75, 3.05) is 6.54 Å². The van der Waals surface area contributed by atoms with Gasteiger partial charge in [0.05, 0.1) is 5.41 Å². The van der Waals surface area contributed by atoms with E-state index < -0.39 is 5.41 Å². The Labute approximate surface area is 141 Å². The van der Waals surface area contributed by atoms with Gasteiger partial charge in [0.15, 0.2) is 0 Å². The largest absolute Gasteiger partial charge is 0.355 e. The number of halogens is 2. The van der Waals surface area contributed by atoms with Gasteiger partial charge in [0.25, 0.3) is 0 Å². The molecule has 0 aliphatic heterocycles. The third kappa shape index (κ3) is 4.80. The first-order valence-electron chi connectivity index (χ1n) is 7.68. The fourth-order valence-corrected chi connectivity index (χ4v) is 2.49. The Morgan fingerprint density at radius 3 is 2.30 bits per heavy atom. The smallest absolute Gasteiger partial charge is 0.230 e. The Hall–Kier alpha value is -1.87. The maximum absolute atomic E-state index is 13.0. The number of carbonyl (C=O) groups excluding carboxylic acids is 1. The number of hydrogen-bond donors (Lipinski definition) is 1. The summed E-state index contributed by atoms with van der Waals surface area (Å²) in [5.41, 5.74) is 1.31. The molecule has 2 rings (SSSR count). The minimum absolute atomic E-state index is 0.0554. The summed E-state index contributed by atoms with van der Waals surface area (Å²) in [6, 6.07) is 13.8. The summed E-state index contributed by atoms with van der Waals surface area (Å²) in [5, 5.41) is 3.68. The van der Waals surface area contributed by atoms with Gasteiger partial charge in [-0.05, 0) is 62.1 Å². The highest BCUT2D eigenvalue weighted by molar-refractivity contribution is 6.30. The molecule has 122 valence electrons. The van der Waals surface area contributed by atoms with E-state index in [1.807, 2.05) is 38.1 Å². The molecule has 0 aliphatic carbocycles. The monoisotopic (exact) mass is 333 g/mol. The van der Waals surface area contributed by atoms with Crippen LogP contribution in [0.3, 0.4) is 0 Å². The van der Waals surface area contributed by atoms with Crippen LogP contribution in [-0.2, 0) is 16.6 Å². The van der Waals surface area contributed by atoms with E-state index in [9.17, 15) is 9.18 Å². The molecule has 2 nitrogen and oxygen atoms in total. The Morgan fingerprint density at radius 2 is 1.70 bits per heavy atom. The quantitative estimate of drug-likeness (QED) is 0.774. The molecular formula is C19H21ClFNO. The highest BCUT2D eigenvalue weighted by atomic mass is 35.5. The van der Waals surface area contributed by atoms with Crippen molar-refractivity contribution in [3.63, 3.8) is 0 Å². The fourth-order valence-electron chi connectivity index (χ4n) is 2.36. The maximum Gasteiger partial charge on any atom is 0.230 e. The molecule has 0 heterocycles. The second kappa shape index (κ2) is 7.60. The Bertz CT molecular complexity index is 650. The fraction of sp³-hybridized carbons (Fsp3) is 0.316. The van der Waals surface area contributed by atoms with Gasteiger partial charge in [-0.15, -0.1) is 0 Å². The van der Waals surface area contributed by atoms with Gasteiger partial charge < -0.3 is 5.32 Å². The molecule has 2 aromatic rings. The van der Waals surface area contributed by atoms with Crippen LogP contribution in [0.15, 0.2) is 48.5 Å². The van der Waals surface area contributed by atoms with Crippen molar-refractivity contribution < 1.29 is 9.18 Å². The van der Waals surface area contributed by atoms with Crippen molar-refractivity contribution in [2.45, 2.75) is 32.1 Å². The topological polar surface area (TPSA) is 29.1 Å². The summed E-state index contributed by atoms with van der Waals surface area (Å²) >= 11 is 5.85. The first-order valence-corrected chi connectivity index (χ1v) is 8.06. The van der Waals surface area contributed by atoms with Gasteiger partial charge in [-0.3, -0.25) is 4.79 Å². The van der Waals surface area contributed by atoms with Crippen LogP contribution in [0, 0.1) is 5.82 Å². The summed E-state index contributed by atoms with van der Waals surface area (Å²) in [6.45, 7) is 4.29. The van der Waals surface area contributed by atoms with Crippen LogP contribution in [0.1, 0.15) is 31.4 Å². The second-order valence-electron chi connectivity index (χ2n) is 6.12. The first kappa shape index (κ1) is 17.5. The molecule has 0 radical (unpaired) electrons. The van der Waals surface area contributed by atoms with E-state index in [1.54, 1.807) is 12.1 Å². The first-order chi connectivity index (χ1) is 10.9. The summed E-state index contributed by atoms with van der Waals surface area (Å²) in [5.74, 6) is -0.354. The molecule has 2 aromatic carbocycles. The molecule has 1 amide bonds. The summed E-state index contributed by atoms with van der Waals surface area (Å²) in [4.78, 5) is 12.4. The lowest BCUT2D eigenvalue weighted by Gasteiger charge is -2.24. The number of benzene rings is 2. The highest BCUT2D eigenvalue weighted by Crippen LogP contribution is 2.23. The molecular weight excluding hydrogens is 313 g/mol. The van der Waals surface area contributed by atoms with E-state index in [0.717, 1.165) is 23.4 Å².